The molecule has 4 nitrogen and oxygen atoms in total. The normalized spacial score (nSPS) is 7.20. The summed E-state index contributed by atoms with van der Waals surface area (Å²) in [5.41, 5.74) is 0. The zero-order valence-corrected chi connectivity index (χ0v) is 3.07. The van der Waals surface area contributed by atoms with E-state index in [0.29, 0.717) is 0 Å². The molecule has 0 radical (unpaired) electrons. The molecule has 0 bridgehead atoms. The first-order valence-corrected chi connectivity index (χ1v) is 1.50. The zero-order valence-electron chi connectivity index (χ0n) is 2.17. The second-order valence-electron chi connectivity index (χ2n) is 0.249. The van der Waals surface area contributed by atoms with Crippen molar-refractivity contribution < 1.29 is 14.5 Å². The third-order valence-corrected chi connectivity index (χ3v) is 0.224. The molecule has 0 spiro atoms. The molecule has 5 heavy (non-hydrogen) atoms. The Morgan fingerprint density at radius 3 is 2.40 bits per heavy atom. The second-order valence-corrected chi connectivity index (χ2v) is 0.581. The lowest BCUT2D eigenvalue weighted by molar-refractivity contribution is -0.721. The van der Waals surface area contributed by atoms with Crippen molar-refractivity contribution in [1.82, 2.24) is 0 Å². The summed E-state index contributed by atoms with van der Waals surface area (Å²) in [6.07, 6.45) is 0. The second kappa shape index (κ2) is 3.50. The summed E-state index contributed by atoms with van der Waals surface area (Å²) < 4.78 is 12.5. The third-order valence-electron chi connectivity index (χ3n) is 0.0745. The highest BCUT2D eigenvalue weighted by Crippen LogP contribution is 1.77. The van der Waals surface area contributed by atoms with E-state index in [1.54, 1.807) is 0 Å². The first-order valence-electron chi connectivity index (χ1n) is 0.773. The van der Waals surface area contributed by atoms with Crippen LogP contribution in [-0.2, 0) is 9.19 Å². The molecule has 0 aliphatic rings. The van der Waals surface area contributed by atoms with Crippen LogP contribution in [0.15, 0.2) is 0 Å². The Balaban J connectivity index is 2.65. The molecule has 0 saturated carbocycles. The van der Waals surface area contributed by atoms with Gasteiger partial charge in [0.1, 0.15) is 0 Å². The van der Waals surface area contributed by atoms with E-state index in [4.69, 9.17) is 9.47 Å². The molecule has 0 rings (SSSR count). The first-order chi connectivity index (χ1) is 2.41. The minimum atomic E-state index is -0.644. The van der Waals surface area contributed by atoms with Gasteiger partial charge in [-0.05, 0) is 0 Å². The van der Waals surface area contributed by atoms with Gasteiger partial charge in [0.15, 0.2) is 0 Å². The van der Waals surface area contributed by atoms with Gasteiger partial charge in [0.2, 0.25) is 5.34 Å². The highest BCUT2D eigenvalue weighted by molar-refractivity contribution is 7.17. The minimum Gasteiger partial charge on any atom is -0.218 e. The van der Waals surface area contributed by atoms with Crippen LogP contribution in [0.1, 0.15) is 0 Å². The fraction of sp³-hybridized carbons (Fsp3) is 0. The maximum absolute atomic E-state index is 9.02. The molecular formula is HNO3P+. The monoisotopic (exact) mass is 94.0 g/mol. The molecule has 1 N–H and O–H groups in total. The maximum atomic E-state index is 9.02. The van der Waals surface area contributed by atoms with Crippen LogP contribution in [0.25, 0.3) is 0 Å². The SMILES string of the molecule is O=[NH+]OP=O. The van der Waals surface area contributed by atoms with Gasteiger partial charge in [-0.3, -0.25) is 0 Å². The van der Waals surface area contributed by atoms with Gasteiger partial charge in [0.25, 0.3) is 0 Å². The van der Waals surface area contributed by atoms with Crippen LogP contribution < -0.4 is 5.34 Å². The summed E-state index contributed by atoms with van der Waals surface area (Å²) in [5, 5.41) is 0.943. The highest BCUT2D eigenvalue weighted by atomic mass is 31.1. The van der Waals surface area contributed by atoms with Crippen LogP contribution >= 0.6 is 8.69 Å². The molecule has 0 atom stereocenters. The Hall–Kier alpha value is -0.500. The Kier molecular flexibility index (Phi) is 3.15. The Labute approximate surface area is 29.3 Å². The molecule has 0 fully saturated rings. The predicted molar refractivity (Wildman–Crippen MR) is 13.0 cm³/mol. The van der Waals surface area contributed by atoms with E-state index in [1.807, 2.05) is 0 Å². The molecule has 0 aromatic carbocycles. The maximum Gasteiger partial charge on any atom is 0.476 e. The third kappa shape index (κ3) is 3.50. The summed E-state index contributed by atoms with van der Waals surface area (Å²) in [7, 11) is -0.644. The summed E-state index contributed by atoms with van der Waals surface area (Å²) in [6.45, 7) is 0. The average molecular weight is 94.0 g/mol. The molecule has 0 unspecified atom stereocenters. The minimum absolute atomic E-state index is 0.644. The molecular weight excluding hydrogens is 93.0 g/mol. The van der Waals surface area contributed by atoms with Crippen molar-refractivity contribution in [1.29, 1.82) is 0 Å². The van der Waals surface area contributed by atoms with E-state index in [-0.39, 0.29) is 0 Å². The Bertz CT molecular complexity index is 36.2. The van der Waals surface area contributed by atoms with Crippen LogP contribution in [0.2, 0.25) is 0 Å². The molecule has 5 heteroatoms. The van der Waals surface area contributed by atoms with Crippen molar-refractivity contribution in [3.63, 3.8) is 0 Å². The van der Waals surface area contributed by atoms with Crippen LogP contribution in [0, 0.1) is 4.91 Å². The fourth-order valence-electron chi connectivity index (χ4n) is 0.0152. The Morgan fingerprint density at radius 1 is 1.80 bits per heavy atom. The van der Waals surface area contributed by atoms with Crippen molar-refractivity contribution in [2.45, 2.75) is 0 Å². The van der Waals surface area contributed by atoms with Crippen molar-refractivity contribution in [3.8, 4) is 0 Å². The van der Waals surface area contributed by atoms with Gasteiger partial charge >= 0.3 is 8.69 Å². The van der Waals surface area contributed by atoms with E-state index in [2.05, 4.69) is 4.62 Å². The highest BCUT2D eigenvalue weighted by Gasteiger charge is 1.72. The summed E-state index contributed by atoms with van der Waals surface area (Å²) in [6, 6.07) is 0. The number of hydrogen-bond acceptors (Lipinski definition) is 3. The van der Waals surface area contributed by atoms with E-state index < -0.39 is 8.69 Å². The lowest BCUT2D eigenvalue weighted by atomic mass is 13.4. The van der Waals surface area contributed by atoms with Crippen LogP contribution in [0.4, 0.5) is 0 Å². The lowest BCUT2D eigenvalue weighted by Gasteiger charge is -1.49. The lowest BCUT2D eigenvalue weighted by Crippen LogP contribution is -2.59. The van der Waals surface area contributed by atoms with E-state index in [1.165, 1.54) is 0 Å². The summed E-state index contributed by atoms with van der Waals surface area (Å²) in [5.74, 6) is 0. The van der Waals surface area contributed by atoms with Gasteiger partial charge in [0, 0.05) is 0 Å². The fourth-order valence-corrected chi connectivity index (χ4v) is 0.0456. The zero-order chi connectivity index (χ0) is 4.12. The smallest absolute Gasteiger partial charge is 0.218 e. The molecule has 0 aromatic rings. The molecule has 0 amide bonds. The largest absolute Gasteiger partial charge is 0.476 e. The van der Waals surface area contributed by atoms with Crippen molar-refractivity contribution in [2.75, 3.05) is 0 Å². The van der Waals surface area contributed by atoms with Crippen LogP contribution in [-0.4, -0.2) is 0 Å². The van der Waals surface area contributed by atoms with Gasteiger partial charge in [0.05, 0.1) is 4.91 Å². The average Bonchev–Trinajstić information content (AvgIpc) is 1.41. The molecule has 0 aliphatic carbocycles. The summed E-state index contributed by atoms with van der Waals surface area (Å²) in [4.78, 5) is 8.85. The van der Waals surface area contributed by atoms with E-state index >= 15 is 0 Å². The number of hydrogen-bond donors (Lipinski definition) is 1. The van der Waals surface area contributed by atoms with Gasteiger partial charge in [-0.2, -0.15) is 0 Å². The van der Waals surface area contributed by atoms with Crippen molar-refractivity contribution in [2.24, 2.45) is 0 Å². The van der Waals surface area contributed by atoms with Crippen molar-refractivity contribution in [3.05, 3.63) is 4.91 Å². The van der Waals surface area contributed by atoms with Gasteiger partial charge in [-0.15, -0.1) is 4.62 Å². The quantitative estimate of drug-likeness (QED) is 0.351. The standard InChI is InChI=1S/HNO3P/c2-1-4-5-3/h1H/q+1. The summed E-state index contributed by atoms with van der Waals surface area (Å²) >= 11 is 0. The molecule has 0 aliphatic heterocycles. The first kappa shape index (κ1) is 4.50. The van der Waals surface area contributed by atoms with E-state index in [0.717, 1.165) is 5.34 Å². The van der Waals surface area contributed by atoms with Gasteiger partial charge in [-0.25, -0.2) is 4.57 Å². The molecule has 0 saturated heterocycles. The van der Waals surface area contributed by atoms with Crippen LogP contribution in [0.5, 0.6) is 0 Å². The topological polar surface area (TPSA) is 57.3 Å². The van der Waals surface area contributed by atoms with Gasteiger partial charge < -0.3 is 0 Å². The van der Waals surface area contributed by atoms with Crippen LogP contribution in [0.3, 0.4) is 0 Å². The molecule has 28 valence electrons. The van der Waals surface area contributed by atoms with Crippen molar-refractivity contribution >= 4 is 8.69 Å². The number of rotatable bonds is 2. The Morgan fingerprint density at radius 2 is 2.40 bits per heavy atom. The van der Waals surface area contributed by atoms with Gasteiger partial charge in [-0.1, -0.05) is 0 Å². The molecule has 0 aromatic heterocycles. The predicted octanol–water partition coefficient (Wildman–Crippen LogP) is -1.03. The molecule has 0 heterocycles. The van der Waals surface area contributed by atoms with E-state index in [9.17, 15) is 0 Å². The number of nitrogens with one attached hydrogen (secondary N) is 1.